The van der Waals surface area contributed by atoms with Crippen LogP contribution in [0, 0.1) is 11.8 Å². The van der Waals surface area contributed by atoms with Crippen LogP contribution in [-0.4, -0.2) is 55.1 Å². The highest BCUT2D eigenvalue weighted by Crippen LogP contribution is 2.20. The molecule has 1 N–H and O–H groups in total. The maximum Gasteiger partial charge on any atom is 0.317 e. The average Bonchev–Trinajstić information content (AvgIpc) is 2.87. The van der Waals surface area contributed by atoms with Crippen LogP contribution in [0.3, 0.4) is 0 Å². The van der Waals surface area contributed by atoms with E-state index < -0.39 is 0 Å². The van der Waals surface area contributed by atoms with Gasteiger partial charge in [-0.15, -0.1) is 0 Å². The van der Waals surface area contributed by atoms with Crippen LogP contribution in [-0.2, 0) is 0 Å². The van der Waals surface area contributed by atoms with Gasteiger partial charge in [-0.05, 0) is 44.1 Å². The first-order valence-electron chi connectivity index (χ1n) is 7.90. The number of likely N-dealkylation sites (tertiary alicyclic amines) is 2. The molecule has 2 rings (SSSR count). The van der Waals surface area contributed by atoms with Gasteiger partial charge >= 0.3 is 6.03 Å². The normalized spacial score (nSPS) is 28.6. The standard InChI is InChI=1S/C15H29N3O/c1-13-10-14(2)12-17(11-13)7-5-6-16-15(19)18-8-3-4-9-18/h13-14H,3-12H2,1-2H3,(H,16,19). The summed E-state index contributed by atoms with van der Waals surface area (Å²) >= 11 is 0. The summed E-state index contributed by atoms with van der Waals surface area (Å²) < 4.78 is 0. The van der Waals surface area contributed by atoms with Crippen molar-refractivity contribution < 1.29 is 4.79 Å². The van der Waals surface area contributed by atoms with Crippen molar-refractivity contribution in [1.29, 1.82) is 0 Å². The summed E-state index contributed by atoms with van der Waals surface area (Å²) in [6.45, 7) is 11.0. The summed E-state index contributed by atoms with van der Waals surface area (Å²) in [5.74, 6) is 1.64. The number of amides is 2. The molecule has 0 aromatic carbocycles. The second kappa shape index (κ2) is 7.13. The molecular formula is C15H29N3O. The lowest BCUT2D eigenvalue weighted by molar-refractivity contribution is 0.139. The molecule has 0 aromatic rings. The van der Waals surface area contributed by atoms with Gasteiger partial charge < -0.3 is 15.1 Å². The van der Waals surface area contributed by atoms with Crippen LogP contribution in [0.5, 0.6) is 0 Å². The Kier molecular flexibility index (Phi) is 5.49. The molecule has 2 saturated heterocycles. The molecule has 0 aromatic heterocycles. The third kappa shape index (κ3) is 4.68. The predicted molar refractivity (Wildman–Crippen MR) is 78.2 cm³/mol. The van der Waals surface area contributed by atoms with Crippen LogP contribution in [0.25, 0.3) is 0 Å². The molecule has 110 valence electrons. The lowest BCUT2D eigenvalue weighted by Crippen LogP contribution is -2.41. The third-order valence-corrected chi connectivity index (χ3v) is 4.27. The number of piperidine rings is 1. The van der Waals surface area contributed by atoms with Crippen LogP contribution in [0.4, 0.5) is 4.79 Å². The summed E-state index contributed by atoms with van der Waals surface area (Å²) in [5.41, 5.74) is 0. The Morgan fingerprint density at radius 3 is 2.42 bits per heavy atom. The third-order valence-electron chi connectivity index (χ3n) is 4.27. The second-order valence-corrected chi connectivity index (χ2v) is 6.49. The quantitative estimate of drug-likeness (QED) is 0.792. The molecule has 2 aliphatic heterocycles. The van der Waals surface area contributed by atoms with E-state index in [1.807, 2.05) is 4.90 Å². The summed E-state index contributed by atoms with van der Waals surface area (Å²) in [4.78, 5) is 16.3. The molecule has 2 atom stereocenters. The molecule has 0 bridgehead atoms. The Labute approximate surface area is 117 Å². The molecule has 4 heteroatoms. The lowest BCUT2D eigenvalue weighted by atomic mass is 9.92. The van der Waals surface area contributed by atoms with Gasteiger partial charge in [0.15, 0.2) is 0 Å². The Morgan fingerprint density at radius 2 is 1.79 bits per heavy atom. The van der Waals surface area contributed by atoms with Crippen LogP contribution >= 0.6 is 0 Å². The zero-order valence-corrected chi connectivity index (χ0v) is 12.5. The lowest BCUT2D eigenvalue weighted by Gasteiger charge is -2.35. The molecule has 0 spiro atoms. The fraction of sp³-hybridized carbons (Fsp3) is 0.933. The van der Waals surface area contributed by atoms with E-state index in [0.29, 0.717) is 0 Å². The maximum atomic E-state index is 11.8. The molecule has 0 saturated carbocycles. The molecule has 2 unspecified atom stereocenters. The molecule has 0 radical (unpaired) electrons. The number of carbonyl (C=O) groups excluding carboxylic acids is 1. The molecule has 0 aliphatic carbocycles. The number of nitrogens with one attached hydrogen (secondary N) is 1. The van der Waals surface area contributed by atoms with Gasteiger partial charge in [0.25, 0.3) is 0 Å². The first-order valence-corrected chi connectivity index (χ1v) is 7.90. The van der Waals surface area contributed by atoms with Crippen molar-refractivity contribution in [2.24, 2.45) is 11.8 Å². The summed E-state index contributed by atoms with van der Waals surface area (Å²) in [7, 11) is 0. The first kappa shape index (κ1) is 14.6. The first-order chi connectivity index (χ1) is 9.15. The van der Waals surface area contributed by atoms with Crippen molar-refractivity contribution in [3.8, 4) is 0 Å². The van der Waals surface area contributed by atoms with E-state index in [4.69, 9.17) is 0 Å². The molecule has 19 heavy (non-hydrogen) atoms. The minimum atomic E-state index is 0.137. The zero-order valence-electron chi connectivity index (χ0n) is 12.5. The van der Waals surface area contributed by atoms with E-state index in [2.05, 4.69) is 24.1 Å². The molecule has 2 amide bonds. The van der Waals surface area contributed by atoms with E-state index in [1.165, 1.54) is 19.5 Å². The number of carbonyl (C=O) groups is 1. The van der Waals surface area contributed by atoms with Gasteiger partial charge in [0, 0.05) is 32.7 Å². The van der Waals surface area contributed by atoms with E-state index in [1.54, 1.807) is 0 Å². The highest BCUT2D eigenvalue weighted by Gasteiger charge is 2.21. The van der Waals surface area contributed by atoms with Crippen molar-refractivity contribution in [1.82, 2.24) is 15.1 Å². The summed E-state index contributed by atoms with van der Waals surface area (Å²) in [5, 5.41) is 3.05. The fourth-order valence-electron chi connectivity index (χ4n) is 3.50. The zero-order chi connectivity index (χ0) is 13.7. The Hall–Kier alpha value is -0.770. The maximum absolute atomic E-state index is 11.8. The molecule has 4 nitrogen and oxygen atoms in total. The average molecular weight is 267 g/mol. The van der Waals surface area contributed by atoms with Crippen LogP contribution in [0.1, 0.15) is 39.5 Å². The van der Waals surface area contributed by atoms with Crippen LogP contribution < -0.4 is 5.32 Å². The van der Waals surface area contributed by atoms with E-state index in [-0.39, 0.29) is 6.03 Å². The fourth-order valence-corrected chi connectivity index (χ4v) is 3.50. The molecule has 2 heterocycles. The Morgan fingerprint density at radius 1 is 1.16 bits per heavy atom. The highest BCUT2D eigenvalue weighted by atomic mass is 16.2. The second-order valence-electron chi connectivity index (χ2n) is 6.49. The number of rotatable bonds is 4. The summed E-state index contributed by atoms with van der Waals surface area (Å²) in [6.07, 6.45) is 4.76. The van der Waals surface area contributed by atoms with E-state index in [9.17, 15) is 4.79 Å². The van der Waals surface area contributed by atoms with Gasteiger partial charge in [-0.1, -0.05) is 13.8 Å². The van der Waals surface area contributed by atoms with Gasteiger partial charge in [0.1, 0.15) is 0 Å². The van der Waals surface area contributed by atoms with Crippen molar-refractivity contribution in [2.45, 2.75) is 39.5 Å². The van der Waals surface area contributed by atoms with Gasteiger partial charge in [-0.3, -0.25) is 0 Å². The minimum absolute atomic E-state index is 0.137. The predicted octanol–water partition coefficient (Wildman–Crippen LogP) is 2.16. The van der Waals surface area contributed by atoms with Crippen molar-refractivity contribution in [3.05, 3.63) is 0 Å². The van der Waals surface area contributed by atoms with Crippen LogP contribution in [0.2, 0.25) is 0 Å². The Bertz CT molecular complexity index is 279. The van der Waals surface area contributed by atoms with E-state index in [0.717, 1.165) is 57.3 Å². The summed E-state index contributed by atoms with van der Waals surface area (Å²) in [6, 6.07) is 0.137. The SMILES string of the molecule is CC1CC(C)CN(CCCNC(=O)N2CCCC2)C1. The van der Waals surface area contributed by atoms with Gasteiger partial charge in [0.2, 0.25) is 0 Å². The largest absolute Gasteiger partial charge is 0.338 e. The number of hydrogen-bond donors (Lipinski definition) is 1. The van der Waals surface area contributed by atoms with Crippen molar-refractivity contribution in [2.75, 3.05) is 39.3 Å². The Balaban J connectivity index is 1.57. The van der Waals surface area contributed by atoms with Crippen molar-refractivity contribution >= 4 is 6.03 Å². The smallest absolute Gasteiger partial charge is 0.317 e. The minimum Gasteiger partial charge on any atom is -0.338 e. The monoisotopic (exact) mass is 267 g/mol. The molecule has 2 aliphatic rings. The van der Waals surface area contributed by atoms with Gasteiger partial charge in [-0.25, -0.2) is 4.79 Å². The number of nitrogens with zero attached hydrogens (tertiary/aromatic N) is 2. The van der Waals surface area contributed by atoms with Crippen LogP contribution in [0.15, 0.2) is 0 Å². The molecular weight excluding hydrogens is 238 g/mol. The highest BCUT2D eigenvalue weighted by molar-refractivity contribution is 5.74. The van der Waals surface area contributed by atoms with Crippen molar-refractivity contribution in [3.63, 3.8) is 0 Å². The molecule has 2 fully saturated rings. The van der Waals surface area contributed by atoms with Gasteiger partial charge in [0.05, 0.1) is 0 Å². The topological polar surface area (TPSA) is 35.6 Å². The number of hydrogen-bond acceptors (Lipinski definition) is 2. The van der Waals surface area contributed by atoms with E-state index >= 15 is 0 Å². The number of urea groups is 1. The van der Waals surface area contributed by atoms with Gasteiger partial charge in [-0.2, -0.15) is 0 Å².